The molecule has 28 heavy (non-hydrogen) atoms. The number of pyridine rings is 1. The van der Waals surface area contributed by atoms with Crippen molar-refractivity contribution in [3.8, 4) is 0 Å². The fourth-order valence-electron chi connectivity index (χ4n) is 4.34. The molecule has 1 aliphatic carbocycles. The molecule has 0 saturated carbocycles. The second-order valence-electron chi connectivity index (χ2n) is 7.62. The van der Waals surface area contributed by atoms with Crippen molar-refractivity contribution in [2.75, 3.05) is 25.0 Å². The Kier molecular flexibility index (Phi) is 6.55. The van der Waals surface area contributed by atoms with Gasteiger partial charge in [-0.3, -0.25) is 4.79 Å². The van der Waals surface area contributed by atoms with E-state index in [-0.39, 0.29) is 5.43 Å². The van der Waals surface area contributed by atoms with Crippen molar-refractivity contribution >= 4 is 48.6 Å². The van der Waals surface area contributed by atoms with E-state index in [0.717, 1.165) is 55.6 Å². The van der Waals surface area contributed by atoms with Gasteiger partial charge in [0.1, 0.15) is 5.82 Å². The molecular formula is C21H26Br2N4O. The van der Waals surface area contributed by atoms with Crippen LogP contribution < -0.4 is 21.4 Å². The van der Waals surface area contributed by atoms with Gasteiger partial charge in [0.2, 0.25) is 0 Å². The first-order chi connectivity index (χ1) is 13.6. The number of para-hydroxylation sites is 1. The highest BCUT2D eigenvalue weighted by Gasteiger charge is 2.37. The van der Waals surface area contributed by atoms with Crippen molar-refractivity contribution in [2.24, 2.45) is 5.92 Å². The molecule has 7 heteroatoms. The van der Waals surface area contributed by atoms with Crippen molar-refractivity contribution in [1.82, 2.24) is 15.6 Å². The number of halogens is 2. The maximum Gasteiger partial charge on any atom is 0.191 e. The van der Waals surface area contributed by atoms with Crippen LogP contribution in [0.25, 0.3) is 10.9 Å². The van der Waals surface area contributed by atoms with Crippen molar-refractivity contribution in [2.45, 2.75) is 36.2 Å². The largest absolute Gasteiger partial charge is 0.371 e. The van der Waals surface area contributed by atoms with E-state index in [4.69, 9.17) is 0 Å². The van der Waals surface area contributed by atoms with Crippen molar-refractivity contribution < 1.29 is 0 Å². The van der Waals surface area contributed by atoms with E-state index in [1.54, 1.807) is 6.07 Å². The zero-order valence-electron chi connectivity index (χ0n) is 15.7. The minimum atomic E-state index is 0.0518. The summed E-state index contributed by atoms with van der Waals surface area (Å²) in [5, 5.41) is 11.5. The summed E-state index contributed by atoms with van der Waals surface area (Å²) >= 11 is 7.50. The standard InChI is InChI=1S/C21H26Br2N4O/c22-13-10-15-17(6-9-26-21(15)16(23)11-13)24-7-3-8-25-20-12-19(28)14-4-1-2-5-18(14)27-20/h1-2,4-5,11-13,15,17,21,24,26H,3,6-10H2,(H2,25,27,28). The van der Waals surface area contributed by atoms with E-state index in [0.29, 0.717) is 22.8 Å². The highest BCUT2D eigenvalue weighted by molar-refractivity contribution is 9.12. The number of aromatic nitrogens is 1. The summed E-state index contributed by atoms with van der Waals surface area (Å²) in [6, 6.07) is 10.2. The van der Waals surface area contributed by atoms with Crippen molar-refractivity contribution in [3.63, 3.8) is 0 Å². The van der Waals surface area contributed by atoms with E-state index < -0.39 is 0 Å². The topological polar surface area (TPSA) is 69.0 Å². The van der Waals surface area contributed by atoms with Crippen LogP contribution in [0.15, 0.2) is 45.7 Å². The van der Waals surface area contributed by atoms with Crippen LogP contribution in [-0.2, 0) is 0 Å². The molecule has 0 spiro atoms. The smallest absolute Gasteiger partial charge is 0.191 e. The lowest BCUT2D eigenvalue weighted by Crippen LogP contribution is -2.55. The number of fused-ring (bicyclic) bond motifs is 2. The number of hydrogen-bond acceptors (Lipinski definition) is 4. The molecule has 1 aromatic heterocycles. The number of anilines is 1. The molecule has 0 bridgehead atoms. The van der Waals surface area contributed by atoms with E-state index in [2.05, 4.69) is 58.9 Å². The van der Waals surface area contributed by atoms with Gasteiger partial charge < -0.3 is 20.9 Å². The van der Waals surface area contributed by atoms with Gasteiger partial charge >= 0.3 is 0 Å². The number of aromatic amines is 1. The predicted molar refractivity (Wildman–Crippen MR) is 124 cm³/mol. The SMILES string of the molecule is O=c1cc(NCCCNC2CCNC3C(Br)=CC(Br)CC23)[nH]c2ccccc12. The molecule has 2 aliphatic rings. The number of rotatable bonds is 6. The van der Waals surface area contributed by atoms with Gasteiger partial charge in [-0.1, -0.05) is 50.1 Å². The molecule has 0 radical (unpaired) electrons. The van der Waals surface area contributed by atoms with Crippen LogP contribution in [0, 0.1) is 5.92 Å². The average molecular weight is 510 g/mol. The van der Waals surface area contributed by atoms with Gasteiger partial charge in [-0.25, -0.2) is 0 Å². The molecule has 1 aliphatic heterocycles. The Morgan fingerprint density at radius 2 is 2.07 bits per heavy atom. The lowest BCUT2D eigenvalue weighted by atomic mass is 9.79. The average Bonchev–Trinajstić information content (AvgIpc) is 2.68. The zero-order valence-corrected chi connectivity index (χ0v) is 18.9. The summed E-state index contributed by atoms with van der Waals surface area (Å²) in [4.78, 5) is 15.9. The maximum absolute atomic E-state index is 12.2. The first kappa shape index (κ1) is 20.1. The molecule has 1 fully saturated rings. The Morgan fingerprint density at radius 1 is 1.21 bits per heavy atom. The summed E-state index contributed by atoms with van der Waals surface area (Å²) in [5.41, 5.74) is 0.924. The number of benzene rings is 1. The van der Waals surface area contributed by atoms with E-state index in [1.807, 2.05) is 24.3 Å². The Morgan fingerprint density at radius 3 is 2.96 bits per heavy atom. The molecule has 2 aromatic rings. The van der Waals surface area contributed by atoms with Crippen molar-refractivity contribution in [3.05, 3.63) is 51.1 Å². The highest BCUT2D eigenvalue weighted by Crippen LogP contribution is 2.36. The van der Waals surface area contributed by atoms with E-state index in [1.165, 1.54) is 4.48 Å². The molecule has 1 saturated heterocycles. The minimum absolute atomic E-state index is 0.0518. The van der Waals surface area contributed by atoms with E-state index >= 15 is 0 Å². The third-order valence-corrected chi connectivity index (χ3v) is 7.11. The summed E-state index contributed by atoms with van der Waals surface area (Å²) in [6.45, 7) is 2.84. The number of H-pyrrole nitrogens is 1. The number of nitrogens with one attached hydrogen (secondary N) is 4. The Labute approximate surface area is 182 Å². The molecular weight excluding hydrogens is 484 g/mol. The zero-order chi connectivity index (χ0) is 19.5. The minimum Gasteiger partial charge on any atom is -0.371 e. The fraction of sp³-hybridized carbons (Fsp3) is 0.476. The number of hydrogen-bond donors (Lipinski definition) is 4. The van der Waals surface area contributed by atoms with Gasteiger partial charge in [-0.2, -0.15) is 0 Å². The van der Waals surface area contributed by atoms with Gasteiger partial charge in [-0.15, -0.1) is 0 Å². The molecule has 150 valence electrons. The second-order valence-corrected chi connectivity index (χ2v) is 9.71. The molecule has 4 atom stereocenters. The Hall–Kier alpha value is -1.15. The predicted octanol–water partition coefficient (Wildman–Crippen LogP) is 3.71. The van der Waals surface area contributed by atoms with Gasteiger partial charge in [0, 0.05) is 39.4 Å². The van der Waals surface area contributed by atoms with Crippen LogP contribution in [0.5, 0.6) is 0 Å². The normalized spacial score (nSPS) is 27.3. The molecule has 0 amide bonds. The lowest BCUT2D eigenvalue weighted by molar-refractivity contribution is 0.222. The van der Waals surface area contributed by atoms with Crippen LogP contribution >= 0.6 is 31.9 Å². The van der Waals surface area contributed by atoms with Crippen LogP contribution in [0.1, 0.15) is 19.3 Å². The third kappa shape index (κ3) is 4.53. The summed E-state index contributed by atoms with van der Waals surface area (Å²) in [5.74, 6) is 1.39. The van der Waals surface area contributed by atoms with Gasteiger partial charge in [0.05, 0.1) is 5.52 Å². The molecule has 5 nitrogen and oxygen atoms in total. The first-order valence-corrected chi connectivity index (χ1v) is 11.7. The van der Waals surface area contributed by atoms with Crippen molar-refractivity contribution in [1.29, 1.82) is 0 Å². The quantitative estimate of drug-likeness (QED) is 0.354. The number of alkyl halides is 1. The summed E-state index contributed by atoms with van der Waals surface area (Å²) < 4.78 is 1.28. The van der Waals surface area contributed by atoms with Crippen LogP contribution in [-0.4, -0.2) is 41.5 Å². The Bertz CT molecular complexity index is 913. The van der Waals surface area contributed by atoms with Gasteiger partial charge in [-0.05, 0) is 50.4 Å². The van der Waals surface area contributed by atoms with Crippen LogP contribution in [0.3, 0.4) is 0 Å². The maximum atomic E-state index is 12.2. The van der Waals surface area contributed by atoms with Crippen LogP contribution in [0.2, 0.25) is 0 Å². The number of allylic oxidation sites excluding steroid dienone is 1. The second kappa shape index (κ2) is 9.11. The summed E-state index contributed by atoms with van der Waals surface area (Å²) in [6.07, 6.45) is 5.59. The highest BCUT2D eigenvalue weighted by atomic mass is 79.9. The third-order valence-electron chi connectivity index (χ3n) is 5.71. The molecule has 2 heterocycles. The summed E-state index contributed by atoms with van der Waals surface area (Å²) in [7, 11) is 0. The Balaban J connectivity index is 1.27. The number of piperidine rings is 1. The van der Waals surface area contributed by atoms with Crippen LogP contribution in [0.4, 0.5) is 5.82 Å². The van der Waals surface area contributed by atoms with Gasteiger partial charge in [0.25, 0.3) is 0 Å². The first-order valence-electron chi connectivity index (χ1n) is 9.96. The molecule has 4 rings (SSSR count). The monoisotopic (exact) mass is 508 g/mol. The molecule has 4 N–H and O–H groups in total. The molecule has 1 aromatic carbocycles. The fourth-order valence-corrected chi connectivity index (χ4v) is 6.24. The lowest BCUT2D eigenvalue weighted by Gasteiger charge is -2.43. The molecule has 4 unspecified atom stereocenters. The van der Waals surface area contributed by atoms with Gasteiger partial charge in [0.15, 0.2) is 5.43 Å². The van der Waals surface area contributed by atoms with E-state index in [9.17, 15) is 4.79 Å².